The molecule has 0 radical (unpaired) electrons. The number of hydrogen-bond donors (Lipinski definition) is 1. The fourth-order valence-electron chi connectivity index (χ4n) is 6.67. The van der Waals surface area contributed by atoms with Crippen LogP contribution in [0.4, 0.5) is 0 Å². The molecule has 0 aliphatic carbocycles. The summed E-state index contributed by atoms with van der Waals surface area (Å²) < 4.78 is 13.2. The van der Waals surface area contributed by atoms with E-state index < -0.39 is 8.32 Å². The molecule has 2 fully saturated rings. The van der Waals surface area contributed by atoms with Gasteiger partial charge in [-0.1, -0.05) is 106 Å². The summed E-state index contributed by atoms with van der Waals surface area (Å²) in [5.41, 5.74) is 2.66. The maximum atomic E-state index is 9.94. The first kappa shape index (κ1) is 25.4. The summed E-state index contributed by atoms with van der Waals surface area (Å²) in [5, 5.41) is 12.6. The Bertz CT molecular complexity index is 1090. The summed E-state index contributed by atoms with van der Waals surface area (Å²) in [4.78, 5) is 0. The average Bonchev–Trinajstić information content (AvgIpc) is 3.49. The second kappa shape index (κ2) is 10.6. The van der Waals surface area contributed by atoms with Crippen LogP contribution in [0.25, 0.3) is 0 Å². The molecule has 2 aliphatic rings. The fourth-order valence-corrected chi connectivity index (χ4v) is 11.2. The third-order valence-corrected chi connectivity index (χ3v) is 13.4. The highest BCUT2D eigenvalue weighted by Gasteiger charge is 2.50. The first-order valence-corrected chi connectivity index (χ1v) is 15.4. The number of benzene rings is 3. The lowest BCUT2D eigenvalue weighted by atomic mass is 9.76. The first-order valence-electron chi connectivity index (χ1n) is 13.5. The Kier molecular flexibility index (Phi) is 7.50. The zero-order valence-corrected chi connectivity index (χ0v) is 22.9. The maximum Gasteiger partial charge on any atom is 0.261 e. The van der Waals surface area contributed by atoms with E-state index in [4.69, 9.17) is 9.16 Å². The van der Waals surface area contributed by atoms with E-state index in [9.17, 15) is 5.11 Å². The average molecular weight is 501 g/mol. The molecule has 3 nitrogen and oxygen atoms in total. The first-order chi connectivity index (χ1) is 17.4. The van der Waals surface area contributed by atoms with Crippen LogP contribution in [-0.2, 0) is 22.0 Å². The van der Waals surface area contributed by atoms with Gasteiger partial charge < -0.3 is 14.3 Å². The molecule has 1 N–H and O–H groups in total. The second-order valence-corrected chi connectivity index (χ2v) is 15.9. The van der Waals surface area contributed by atoms with Crippen LogP contribution in [0.2, 0.25) is 5.04 Å². The highest BCUT2D eigenvalue weighted by atomic mass is 28.4. The molecule has 2 aliphatic heterocycles. The minimum Gasteiger partial charge on any atom is -0.407 e. The quantitative estimate of drug-likeness (QED) is 0.414. The molecule has 3 aromatic rings. The van der Waals surface area contributed by atoms with Crippen molar-refractivity contribution in [3.05, 3.63) is 96.1 Å². The van der Waals surface area contributed by atoms with Crippen molar-refractivity contribution in [2.75, 3.05) is 13.2 Å². The second-order valence-electron chi connectivity index (χ2n) is 11.6. The minimum atomic E-state index is -2.51. The maximum absolute atomic E-state index is 9.94. The van der Waals surface area contributed by atoms with Gasteiger partial charge in [-0.2, -0.15) is 0 Å². The molecular formula is C32H40O3Si. The van der Waals surface area contributed by atoms with Crippen molar-refractivity contribution in [3.8, 4) is 0 Å². The molecule has 3 aromatic carbocycles. The number of fused-ring (bicyclic) bond motifs is 2. The van der Waals surface area contributed by atoms with Crippen LogP contribution in [0.3, 0.4) is 0 Å². The minimum absolute atomic E-state index is 0.0152. The van der Waals surface area contributed by atoms with Gasteiger partial charge in [-0.3, -0.25) is 0 Å². The van der Waals surface area contributed by atoms with Crippen molar-refractivity contribution >= 4 is 18.7 Å². The lowest BCUT2D eigenvalue weighted by molar-refractivity contribution is 0.0786. The van der Waals surface area contributed by atoms with Gasteiger partial charge in [0.15, 0.2) is 0 Å². The number of aliphatic hydroxyl groups excluding tert-OH is 1. The molecular weight excluding hydrogens is 460 g/mol. The van der Waals surface area contributed by atoms with Crippen molar-refractivity contribution in [3.63, 3.8) is 0 Å². The van der Waals surface area contributed by atoms with Gasteiger partial charge >= 0.3 is 0 Å². The van der Waals surface area contributed by atoms with Crippen molar-refractivity contribution in [2.45, 2.75) is 63.7 Å². The largest absolute Gasteiger partial charge is 0.407 e. The smallest absolute Gasteiger partial charge is 0.261 e. The molecule has 4 heteroatoms. The van der Waals surface area contributed by atoms with E-state index >= 15 is 0 Å². The van der Waals surface area contributed by atoms with Crippen LogP contribution < -0.4 is 10.4 Å². The molecule has 4 atom stereocenters. The zero-order valence-electron chi connectivity index (χ0n) is 21.9. The van der Waals surface area contributed by atoms with Gasteiger partial charge in [-0.25, -0.2) is 0 Å². The van der Waals surface area contributed by atoms with Crippen LogP contribution in [0.5, 0.6) is 0 Å². The summed E-state index contributed by atoms with van der Waals surface area (Å²) >= 11 is 0. The molecule has 36 heavy (non-hydrogen) atoms. The Hall–Kier alpha value is -2.24. The molecule has 2 heterocycles. The van der Waals surface area contributed by atoms with Crippen molar-refractivity contribution in [1.29, 1.82) is 0 Å². The summed E-state index contributed by atoms with van der Waals surface area (Å²) in [7, 11) is -2.51. The molecule has 190 valence electrons. The van der Waals surface area contributed by atoms with Gasteiger partial charge in [0.1, 0.15) is 0 Å². The number of aliphatic hydroxyl groups is 1. The molecule has 0 aromatic heterocycles. The molecule has 0 unspecified atom stereocenters. The third-order valence-electron chi connectivity index (χ3n) is 8.39. The van der Waals surface area contributed by atoms with E-state index in [-0.39, 0.29) is 23.7 Å². The predicted octanol–water partition coefficient (Wildman–Crippen LogP) is 5.13. The number of rotatable bonds is 9. The lowest BCUT2D eigenvalue weighted by Crippen LogP contribution is -2.66. The van der Waals surface area contributed by atoms with Gasteiger partial charge in [0.25, 0.3) is 8.32 Å². The SMILES string of the molecule is CC(C)(C)[Si](OCCc1cccc(C[C@@H]2[C@H](CO)[C@H]3CC[C@@H]2O3)c1)(c1ccccc1)c1ccccc1. The van der Waals surface area contributed by atoms with Crippen molar-refractivity contribution in [2.24, 2.45) is 11.8 Å². The summed E-state index contributed by atoms with van der Waals surface area (Å²) in [6.45, 7) is 7.91. The van der Waals surface area contributed by atoms with E-state index in [1.807, 2.05) is 0 Å². The van der Waals surface area contributed by atoms with E-state index in [0.717, 1.165) is 25.7 Å². The normalized spacial score (nSPS) is 23.8. The van der Waals surface area contributed by atoms with Crippen LogP contribution in [0.1, 0.15) is 44.7 Å². The van der Waals surface area contributed by atoms with Crippen LogP contribution in [0.15, 0.2) is 84.9 Å². The van der Waals surface area contributed by atoms with Crippen molar-refractivity contribution in [1.82, 2.24) is 0 Å². The van der Waals surface area contributed by atoms with E-state index in [1.165, 1.54) is 21.5 Å². The molecule has 2 saturated heterocycles. The van der Waals surface area contributed by atoms with E-state index in [1.54, 1.807) is 0 Å². The fraction of sp³-hybridized carbons (Fsp3) is 0.438. The van der Waals surface area contributed by atoms with Gasteiger partial charge in [0, 0.05) is 19.1 Å². The van der Waals surface area contributed by atoms with E-state index in [2.05, 4.69) is 106 Å². The van der Waals surface area contributed by atoms with Crippen LogP contribution in [-0.4, -0.2) is 38.8 Å². The standard InChI is InChI=1S/C32H40O3Si/c1-32(2,3)36(26-13-6-4-7-14-26,27-15-8-5-9-16-27)34-20-19-24-11-10-12-25(21-24)22-28-29(23-33)31-18-17-30(28)35-31/h4-16,21,28-31,33H,17-20,22-23H2,1-3H3/t28-,29+,30+,31-/m1/s1. The summed E-state index contributed by atoms with van der Waals surface area (Å²) in [6.07, 6.45) is 4.68. The number of ether oxygens (including phenoxy) is 1. The molecule has 5 rings (SSSR count). The lowest BCUT2D eigenvalue weighted by Gasteiger charge is -2.43. The van der Waals surface area contributed by atoms with Crippen molar-refractivity contribution < 1.29 is 14.3 Å². The topological polar surface area (TPSA) is 38.7 Å². The summed E-state index contributed by atoms with van der Waals surface area (Å²) in [5.74, 6) is 0.711. The van der Waals surface area contributed by atoms with Gasteiger partial charge in [-0.05, 0) is 58.1 Å². The van der Waals surface area contributed by atoms with Gasteiger partial charge in [0.05, 0.1) is 12.2 Å². The van der Waals surface area contributed by atoms with Gasteiger partial charge in [-0.15, -0.1) is 0 Å². The predicted molar refractivity (Wildman–Crippen MR) is 149 cm³/mol. The highest BCUT2D eigenvalue weighted by molar-refractivity contribution is 6.99. The molecule has 0 saturated carbocycles. The van der Waals surface area contributed by atoms with Crippen LogP contribution >= 0.6 is 0 Å². The molecule has 0 spiro atoms. The highest BCUT2D eigenvalue weighted by Crippen LogP contribution is 2.44. The van der Waals surface area contributed by atoms with E-state index in [0.29, 0.717) is 18.6 Å². The molecule has 0 amide bonds. The number of hydrogen-bond acceptors (Lipinski definition) is 3. The third kappa shape index (κ3) is 4.84. The van der Waals surface area contributed by atoms with Crippen LogP contribution in [0, 0.1) is 11.8 Å². The monoisotopic (exact) mass is 500 g/mol. The Morgan fingerprint density at radius 2 is 1.39 bits per heavy atom. The summed E-state index contributed by atoms with van der Waals surface area (Å²) in [6, 6.07) is 30.7. The van der Waals surface area contributed by atoms with Gasteiger partial charge in [0.2, 0.25) is 0 Å². The zero-order chi connectivity index (χ0) is 25.2. The molecule has 2 bridgehead atoms. The Labute approximate surface area is 217 Å². The Balaban J connectivity index is 1.34. The Morgan fingerprint density at radius 3 is 1.97 bits per heavy atom. The Morgan fingerprint density at radius 1 is 0.806 bits per heavy atom.